The summed E-state index contributed by atoms with van der Waals surface area (Å²) in [6.07, 6.45) is 6.73. The Morgan fingerprint density at radius 1 is 0.966 bits per heavy atom. The highest BCUT2D eigenvalue weighted by Gasteiger charge is 2.30. The molecule has 2 aliphatic heterocycles. The van der Waals surface area contributed by atoms with E-state index in [1.54, 1.807) is 18.2 Å². The number of anilines is 1. The van der Waals surface area contributed by atoms with Gasteiger partial charge in [0.2, 0.25) is 0 Å². The van der Waals surface area contributed by atoms with Gasteiger partial charge >= 0.3 is 0 Å². The molecule has 0 unspecified atom stereocenters. The van der Waals surface area contributed by atoms with E-state index in [2.05, 4.69) is 0 Å². The largest absolute Gasteiger partial charge is 0.339 e. The standard InChI is InChI=1S/C22H26N2O3S2/c1-28-21-12-11-18(16-19(21)22(25)23-13-5-2-6-14-23)29(26,27)24-15-7-9-17-8-3-4-10-20(17)24/h3-4,8,10-12,16H,2,5-7,9,13-15H2,1H3. The van der Waals surface area contributed by atoms with Crippen molar-refractivity contribution in [3.05, 3.63) is 53.6 Å². The number of piperidine rings is 1. The maximum atomic E-state index is 13.5. The van der Waals surface area contributed by atoms with Crippen LogP contribution in [0.15, 0.2) is 52.3 Å². The molecular formula is C22H26N2O3S2. The summed E-state index contributed by atoms with van der Waals surface area (Å²) in [4.78, 5) is 16.0. The molecule has 0 N–H and O–H groups in total. The maximum Gasteiger partial charge on any atom is 0.264 e. The second-order valence-electron chi connectivity index (χ2n) is 7.52. The number of carbonyl (C=O) groups excluding carboxylic acids is 1. The Hall–Kier alpha value is -1.99. The quantitative estimate of drug-likeness (QED) is 0.683. The third-order valence-corrected chi connectivity index (χ3v) is 8.31. The van der Waals surface area contributed by atoms with Crippen molar-refractivity contribution in [2.75, 3.05) is 30.2 Å². The molecule has 0 saturated carbocycles. The molecule has 0 aromatic heterocycles. The molecule has 5 nitrogen and oxygen atoms in total. The molecule has 1 fully saturated rings. The number of amides is 1. The third-order valence-electron chi connectivity index (χ3n) is 5.70. The van der Waals surface area contributed by atoms with Gasteiger partial charge in [-0.15, -0.1) is 11.8 Å². The average Bonchev–Trinajstić information content (AvgIpc) is 2.78. The Balaban J connectivity index is 1.73. The molecule has 2 aromatic rings. The zero-order valence-electron chi connectivity index (χ0n) is 16.6. The predicted molar refractivity (Wildman–Crippen MR) is 117 cm³/mol. The van der Waals surface area contributed by atoms with Crippen molar-refractivity contribution in [2.45, 2.75) is 41.9 Å². The van der Waals surface area contributed by atoms with Crippen molar-refractivity contribution in [3.63, 3.8) is 0 Å². The van der Waals surface area contributed by atoms with Crippen molar-refractivity contribution in [2.24, 2.45) is 0 Å². The molecule has 2 aliphatic rings. The number of hydrogen-bond acceptors (Lipinski definition) is 4. The SMILES string of the molecule is CSc1ccc(S(=O)(=O)N2CCCc3ccccc32)cc1C(=O)N1CCCCC1. The first-order valence-corrected chi connectivity index (χ1v) is 12.8. The van der Waals surface area contributed by atoms with Gasteiger partial charge in [-0.3, -0.25) is 9.10 Å². The second-order valence-corrected chi connectivity index (χ2v) is 10.2. The van der Waals surface area contributed by atoms with Crippen molar-refractivity contribution in [1.82, 2.24) is 4.90 Å². The smallest absolute Gasteiger partial charge is 0.264 e. The molecule has 7 heteroatoms. The van der Waals surface area contributed by atoms with Crippen molar-refractivity contribution < 1.29 is 13.2 Å². The molecule has 2 aromatic carbocycles. The van der Waals surface area contributed by atoms with E-state index in [9.17, 15) is 13.2 Å². The van der Waals surface area contributed by atoms with Gasteiger partial charge < -0.3 is 4.90 Å². The van der Waals surface area contributed by atoms with Crippen molar-refractivity contribution in [1.29, 1.82) is 0 Å². The fraction of sp³-hybridized carbons (Fsp3) is 0.409. The highest BCUT2D eigenvalue weighted by atomic mass is 32.2. The fourth-order valence-corrected chi connectivity index (χ4v) is 6.30. The van der Waals surface area contributed by atoms with E-state index in [-0.39, 0.29) is 10.8 Å². The number of nitrogens with zero attached hydrogens (tertiary/aromatic N) is 2. The van der Waals surface area contributed by atoms with Gasteiger partial charge in [0.05, 0.1) is 16.1 Å². The first kappa shape index (κ1) is 20.3. The Labute approximate surface area is 177 Å². The van der Waals surface area contributed by atoms with Gasteiger partial charge in [-0.05, 0) is 68.2 Å². The molecule has 0 radical (unpaired) electrons. The van der Waals surface area contributed by atoms with Gasteiger partial charge in [0.1, 0.15) is 0 Å². The number of benzene rings is 2. The third kappa shape index (κ3) is 3.90. The minimum absolute atomic E-state index is 0.0647. The zero-order valence-corrected chi connectivity index (χ0v) is 18.3. The van der Waals surface area contributed by atoms with E-state index in [0.29, 0.717) is 12.1 Å². The van der Waals surface area contributed by atoms with E-state index in [1.165, 1.54) is 16.1 Å². The number of hydrogen-bond donors (Lipinski definition) is 0. The lowest BCUT2D eigenvalue weighted by Crippen LogP contribution is -2.37. The van der Waals surface area contributed by atoms with Gasteiger partial charge in [0.15, 0.2) is 0 Å². The van der Waals surface area contributed by atoms with Crippen LogP contribution in [0.2, 0.25) is 0 Å². The molecule has 2 heterocycles. The van der Waals surface area contributed by atoms with Gasteiger partial charge in [0.25, 0.3) is 15.9 Å². The number of rotatable bonds is 4. The van der Waals surface area contributed by atoms with E-state index in [4.69, 9.17) is 0 Å². The Morgan fingerprint density at radius 3 is 2.48 bits per heavy atom. The summed E-state index contributed by atoms with van der Waals surface area (Å²) in [5.41, 5.74) is 2.29. The van der Waals surface area contributed by atoms with Crippen LogP contribution < -0.4 is 4.31 Å². The van der Waals surface area contributed by atoms with Gasteiger partial charge in [-0.1, -0.05) is 18.2 Å². The molecule has 0 aliphatic carbocycles. The monoisotopic (exact) mass is 430 g/mol. The summed E-state index contributed by atoms with van der Waals surface area (Å²) in [5.74, 6) is -0.0647. The van der Waals surface area contributed by atoms with E-state index >= 15 is 0 Å². The lowest BCUT2D eigenvalue weighted by molar-refractivity contribution is 0.0720. The fourth-order valence-electron chi connectivity index (χ4n) is 4.16. The number of sulfonamides is 1. The molecule has 1 saturated heterocycles. The van der Waals surface area contributed by atoms with Crippen LogP contribution in [-0.4, -0.2) is 45.1 Å². The maximum absolute atomic E-state index is 13.5. The first-order chi connectivity index (χ1) is 14.0. The minimum atomic E-state index is -3.73. The normalized spacial score (nSPS) is 17.1. The Bertz CT molecular complexity index is 1010. The van der Waals surface area contributed by atoms with Gasteiger partial charge in [-0.25, -0.2) is 8.42 Å². The highest BCUT2D eigenvalue weighted by molar-refractivity contribution is 7.98. The molecular weight excluding hydrogens is 404 g/mol. The highest BCUT2D eigenvalue weighted by Crippen LogP contribution is 2.33. The van der Waals surface area contributed by atoms with E-state index < -0.39 is 10.0 Å². The van der Waals surface area contributed by atoms with Crippen LogP contribution in [0, 0.1) is 0 Å². The van der Waals surface area contributed by atoms with E-state index in [1.807, 2.05) is 35.4 Å². The van der Waals surface area contributed by atoms with Crippen LogP contribution in [0.1, 0.15) is 41.6 Å². The van der Waals surface area contributed by atoms with Crippen LogP contribution in [0.4, 0.5) is 5.69 Å². The van der Waals surface area contributed by atoms with Gasteiger partial charge in [-0.2, -0.15) is 0 Å². The predicted octanol–water partition coefficient (Wildman–Crippen LogP) is 4.18. The molecule has 4 rings (SSSR count). The summed E-state index contributed by atoms with van der Waals surface area (Å²) in [6.45, 7) is 1.94. The number of fused-ring (bicyclic) bond motifs is 1. The van der Waals surface area contributed by atoms with Crippen molar-refractivity contribution in [3.8, 4) is 0 Å². The summed E-state index contributed by atoms with van der Waals surface area (Å²) in [5, 5.41) is 0. The van der Waals surface area contributed by atoms with Crippen LogP contribution in [0.3, 0.4) is 0 Å². The average molecular weight is 431 g/mol. The minimum Gasteiger partial charge on any atom is -0.339 e. The number of para-hydroxylation sites is 1. The zero-order chi connectivity index (χ0) is 20.4. The van der Waals surface area contributed by atoms with E-state index in [0.717, 1.165) is 61.3 Å². The Morgan fingerprint density at radius 2 is 1.72 bits per heavy atom. The molecule has 29 heavy (non-hydrogen) atoms. The Kier molecular flexibility index (Phi) is 5.88. The summed E-state index contributed by atoms with van der Waals surface area (Å²) in [6, 6.07) is 12.6. The van der Waals surface area contributed by atoms with Crippen molar-refractivity contribution >= 4 is 33.4 Å². The summed E-state index contributed by atoms with van der Waals surface area (Å²) in [7, 11) is -3.73. The number of carbonyl (C=O) groups is 1. The number of aryl methyl sites for hydroxylation is 1. The second kappa shape index (κ2) is 8.40. The molecule has 0 atom stereocenters. The summed E-state index contributed by atoms with van der Waals surface area (Å²) < 4.78 is 28.5. The lowest BCUT2D eigenvalue weighted by atomic mass is 10.0. The number of thioether (sulfide) groups is 1. The number of likely N-dealkylation sites (tertiary alicyclic amines) is 1. The van der Waals surface area contributed by atoms with Crippen LogP contribution in [-0.2, 0) is 16.4 Å². The molecule has 0 spiro atoms. The topological polar surface area (TPSA) is 57.7 Å². The summed E-state index contributed by atoms with van der Waals surface area (Å²) >= 11 is 1.48. The van der Waals surface area contributed by atoms with Crippen LogP contribution in [0.5, 0.6) is 0 Å². The van der Waals surface area contributed by atoms with Crippen LogP contribution in [0.25, 0.3) is 0 Å². The lowest BCUT2D eigenvalue weighted by Gasteiger charge is -2.31. The molecule has 154 valence electrons. The van der Waals surface area contributed by atoms with Crippen LogP contribution >= 0.6 is 11.8 Å². The molecule has 0 bridgehead atoms. The first-order valence-electron chi connectivity index (χ1n) is 10.1. The molecule has 1 amide bonds. The van der Waals surface area contributed by atoms with Gasteiger partial charge in [0, 0.05) is 24.5 Å².